The van der Waals surface area contributed by atoms with Crippen LogP contribution in [0.3, 0.4) is 0 Å². The van der Waals surface area contributed by atoms with E-state index in [9.17, 15) is 4.79 Å². The van der Waals surface area contributed by atoms with Crippen molar-refractivity contribution >= 4 is 5.97 Å². The number of ether oxygens (including phenoxy) is 3. The maximum absolute atomic E-state index is 11.9. The lowest BCUT2D eigenvalue weighted by atomic mass is 10.0. The molecule has 1 saturated heterocycles. The Labute approximate surface area is 116 Å². The van der Waals surface area contributed by atoms with Crippen molar-refractivity contribution in [3.63, 3.8) is 0 Å². The minimum Gasteiger partial charge on any atom is -0.463 e. The summed E-state index contributed by atoms with van der Waals surface area (Å²) in [7, 11) is 0. The van der Waals surface area contributed by atoms with Gasteiger partial charge in [0.15, 0.2) is 0 Å². The second kappa shape index (κ2) is 9.28. The van der Waals surface area contributed by atoms with E-state index in [2.05, 4.69) is 26.1 Å². The average Bonchev–Trinajstić information content (AvgIpc) is 2.83. The van der Waals surface area contributed by atoms with Crippen molar-refractivity contribution in [3.05, 3.63) is 0 Å². The normalized spacial score (nSPS) is 22.9. The highest BCUT2D eigenvalue weighted by Crippen LogP contribution is 2.15. The van der Waals surface area contributed by atoms with Crippen LogP contribution in [-0.4, -0.2) is 51.6 Å². The van der Waals surface area contributed by atoms with Gasteiger partial charge in [0, 0.05) is 12.6 Å². The predicted octanol–water partition coefficient (Wildman–Crippen LogP) is 1.22. The third kappa shape index (κ3) is 6.36. The van der Waals surface area contributed by atoms with E-state index >= 15 is 0 Å². The molecule has 1 N–H and O–H groups in total. The Balaban J connectivity index is 2.17. The average molecular weight is 273 g/mol. The van der Waals surface area contributed by atoms with E-state index in [1.54, 1.807) is 0 Å². The van der Waals surface area contributed by atoms with E-state index in [1.165, 1.54) is 0 Å². The minimum absolute atomic E-state index is 0.0871. The topological polar surface area (TPSA) is 56.8 Å². The van der Waals surface area contributed by atoms with E-state index in [-0.39, 0.29) is 17.9 Å². The van der Waals surface area contributed by atoms with E-state index < -0.39 is 0 Å². The fourth-order valence-corrected chi connectivity index (χ4v) is 1.94. The van der Waals surface area contributed by atoms with Gasteiger partial charge in [-0.3, -0.25) is 4.79 Å². The van der Waals surface area contributed by atoms with E-state index in [0.29, 0.717) is 39.0 Å². The van der Waals surface area contributed by atoms with Gasteiger partial charge in [0.25, 0.3) is 0 Å². The first kappa shape index (κ1) is 16.4. The molecule has 1 fully saturated rings. The number of hydrogen-bond donors (Lipinski definition) is 1. The number of carbonyl (C=O) groups is 1. The summed E-state index contributed by atoms with van der Waals surface area (Å²) >= 11 is 0. The van der Waals surface area contributed by atoms with Gasteiger partial charge in [-0.1, -0.05) is 20.8 Å². The zero-order valence-corrected chi connectivity index (χ0v) is 12.3. The van der Waals surface area contributed by atoms with Gasteiger partial charge in [-0.05, 0) is 18.9 Å². The zero-order valence-electron chi connectivity index (χ0n) is 12.3. The van der Waals surface area contributed by atoms with Crippen LogP contribution in [0.1, 0.15) is 27.2 Å². The molecule has 0 bridgehead atoms. The van der Waals surface area contributed by atoms with Crippen LogP contribution < -0.4 is 5.32 Å². The summed E-state index contributed by atoms with van der Waals surface area (Å²) in [5.74, 6) is 0.137. The van der Waals surface area contributed by atoms with Crippen LogP contribution in [0.5, 0.6) is 0 Å². The molecule has 0 amide bonds. The van der Waals surface area contributed by atoms with Crippen molar-refractivity contribution in [3.8, 4) is 0 Å². The summed E-state index contributed by atoms with van der Waals surface area (Å²) in [6, 6.07) is 0.0871. The Bertz CT molecular complexity index is 258. The number of rotatable bonds is 9. The summed E-state index contributed by atoms with van der Waals surface area (Å²) in [5, 5.41) is 3.32. The molecule has 2 atom stereocenters. The van der Waals surface area contributed by atoms with Crippen molar-refractivity contribution in [2.45, 2.75) is 33.2 Å². The molecule has 0 saturated carbocycles. The van der Waals surface area contributed by atoms with Crippen LogP contribution >= 0.6 is 0 Å². The fraction of sp³-hybridized carbons (Fsp3) is 0.929. The van der Waals surface area contributed by atoms with Gasteiger partial charge in [0.1, 0.15) is 6.61 Å². The quantitative estimate of drug-likeness (QED) is 0.505. The molecule has 0 aromatic carbocycles. The minimum atomic E-state index is -0.184. The standard InChI is InChI=1S/C14H27NO4/c1-4-5-15-13-10-18-9-12(13)14(16)19-7-6-17-8-11(2)3/h11-13,15H,4-10H2,1-3H3. The van der Waals surface area contributed by atoms with Crippen LogP contribution in [0.25, 0.3) is 0 Å². The first-order valence-electron chi connectivity index (χ1n) is 7.20. The molecule has 19 heavy (non-hydrogen) atoms. The number of hydrogen-bond acceptors (Lipinski definition) is 5. The molecule has 5 heteroatoms. The Morgan fingerprint density at radius 1 is 1.37 bits per heavy atom. The highest BCUT2D eigenvalue weighted by atomic mass is 16.6. The van der Waals surface area contributed by atoms with Gasteiger partial charge in [-0.25, -0.2) is 0 Å². The summed E-state index contributed by atoms with van der Waals surface area (Å²) < 4.78 is 16.0. The van der Waals surface area contributed by atoms with Crippen molar-refractivity contribution in [2.24, 2.45) is 11.8 Å². The number of nitrogens with one attached hydrogen (secondary N) is 1. The van der Waals surface area contributed by atoms with E-state index in [0.717, 1.165) is 13.0 Å². The van der Waals surface area contributed by atoms with Crippen molar-refractivity contribution in [2.75, 3.05) is 39.6 Å². The van der Waals surface area contributed by atoms with Gasteiger partial charge in [0.2, 0.25) is 0 Å². The molecular formula is C14H27NO4. The van der Waals surface area contributed by atoms with Crippen molar-refractivity contribution in [1.82, 2.24) is 5.32 Å². The van der Waals surface area contributed by atoms with Gasteiger partial charge in [-0.15, -0.1) is 0 Å². The number of esters is 1. The van der Waals surface area contributed by atoms with Crippen LogP contribution in [0.15, 0.2) is 0 Å². The molecular weight excluding hydrogens is 246 g/mol. The van der Waals surface area contributed by atoms with Gasteiger partial charge < -0.3 is 19.5 Å². The first-order chi connectivity index (χ1) is 9.15. The van der Waals surface area contributed by atoms with Crippen molar-refractivity contribution in [1.29, 1.82) is 0 Å². The summed E-state index contributed by atoms with van der Waals surface area (Å²) in [6.07, 6.45) is 1.04. The third-order valence-electron chi connectivity index (χ3n) is 2.96. The Hall–Kier alpha value is -0.650. The van der Waals surface area contributed by atoms with Gasteiger partial charge in [-0.2, -0.15) is 0 Å². The molecule has 1 aliphatic rings. The van der Waals surface area contributed by atoms with Gasteiger partial charge in [0.05, 0.1) is 25.7 Å². The Kier molecular flexibility index (Phi) is 8.02. The Morgan fingerprint density at radius 3 is 2.84 bits per heavy atom. The number of carbonyl (C=O) groups excluding carboxylic acids is 1. The zero-order chi connectivity index (χ0) is 14.1. The lowest BCUT2D eigenvalue weighted by Gasteiger charge is -2.17. The molecule has 1 rings (SSSR count). The molecule has 2 unspecified atom stereocenters. The van der Waals surface area contributed by atoms with Crippen LogP contribution in [0.2, 0.25) is 0 Å². The van der Waals surface area contributed by atoms with Crippen LogP contribution in [-0.2, 0) is 19.0 Å². The summed E-state index contributed by atoms with van der Waals surface area (Å²) in [4.78, 5) is 11.9. The second-order valence-corrected chi connectivity index (χ2v) is 5.34. The molecule has 112 valence electrons. The maximum Gasteiger partial charge on any atom is 0.313 e. The maximum atomic E-state index is 11.9. The van der Waals surface area contributed by atoms with Crippen molar-refractivity contribution < 1.29 is 19.0 Å². The lowest BCUT2D eigenvalue weighted by molar-refractivity contribution is -0.150. The molecule has 0 aromatic heterocycles. The molecule has 1 heterocycles. The molecule has 1 aliphatic heterocycles. The second-order valence-electron chi connectivity index (χ2n) is 5.34. The SMILES string of the molecule is CCCNC1COCC1C(=O)OCCOCC(C)C. The predicted molar refractivity (Wildman–Crippen MR) is 73.0 cm³/mol. The molecule has 0 spiro atoms. The highest BCUT2D eigenvalue weighted by Gasteiger charge is 2.34. The smallest absolute Gasteiger partial charge is 0.313 e. The summed E-state index contributed by atoms with van der Waals surface area (Å²) in [5.41, 5.74) is 0. The molecule has 0 radical (unpaired) electrons. The van der Waals surface area contributed by atoms with Crippen LogP contribution in [0.4, 0.5) is 0 Å². The first-order valence-corrected chi connectivity index (χ1v) is 7.20. The fourth-order valence-electron chi connectivity index (χ4n) is 1.94. The van der Waals surface area contributed by atoms with Crippen LogP contribution in [0, 0.1) is 11.8 Å². The largest absolute Gasteiger partial charge is 0.463 e. The summed E-state index contributed by atoms with van der Waals surface area (Å²) in [6.45, 7) is 9.70. The Morgan fingerprint density at radius 2 is 2.16 bits per heavy atom. The third-order valence-corrected chi connectivity index (χ3v) is 2.96. The lowest BCUT2D eigenvalue weighted by Crippen LogP contribution is -2.40. The van der Waals surface area contributed by atoms with Gasteiger partial charge >= 0.3 is 5.97 Å². The molecule has 0 aromatic rings. The van der Waals surface area contributed by atoms with E-state index in [4.69, 9.17) is 14.2 Å². The monoisotopic (exact) mass is 273 g/mol. The highest BCUT2D eigenvalue weighted by molar-refractivity contribution is 5.73. The molecule has 0 aliphatic carbocycles. The van der Waals surface area contributed by atoms with E-state index in [1.807, 2.05) is 0 Å². The molecule has 5 nitrogen and oxygen atoms in total.